The van der Waals surface area contributed by atoms with Crippen LogP contribution in [0.25, 0.3) is 10.9 Å². The minimum atomic E-state index is -0.253. The van der Waals surface area contributed by atoms with Gasteiger partial charge in [0.15, 0.2) is 0 Å². The van der Waals surface area contributed by atoms with Crippen LogP contribution in [0.3, 0.4) is 0 Å². The maximum Gasteiger partial charge on any atom is 0.226 e. The van der Waals surface area contributed by atoms with E-state index in [1.54, 1.807) is 13.2 Å². The Morgan fingerprint density at radius 1 is 1.14 bits per heavy atom. The van der Waals surface area contributed by atoms with E-state index in [1.165, 1.54) is 17.7 Å². The van der Waals surface area contributed by atoms with Crippen molar-refractivity contribution >= 4 is 16.9 Å². The zero-order valence-electron chi connectivity index (χ0n) is 17.0. The van der Waals surface area contributed by atoms with Crippen molar-refractivity contribution in [2.75, 3.05) is 25.1 Å². The van der Waals surface area contributed by atoms with Crippen LogP contribution >= 0.6 is 0 Å². The van der Waals surface area contributed by atoms with E-state index in [0.29, 0.717) is 6.04 Å². The molecule has 0 saturated carbocycles. The summed E-state index contributed by atoms with van der Waals surface area (Å²) in [6, 6.07) is 13.3. The number of benzene rings is 2. The molecule has 1 saturated heterocycles. The first kappa shape index (κ1) is 19.6. The second-order valence-corrected chi connectivity index (χ2v) is 7.62. The molecular formula is C23H27FN4O. The lowest BCUT2D eigenvalue weighted by Crippen LogP contribution is -2.31. The molecule has 1 aromatic heterocycles. The Bertz CT molecular complexity index is 994. The third kappa shape index (κ3) is 4.65. The molecule has 0 bridgehead atoms. The molecule has 1 atom stereocenters. The van der Waals surface area contributed by atoms with Crippen molar-refractivity contribution in [2.45, 2.75) is 38.8 Å². The largest absolute Gasteiger partial charge is 0.497 e. The van der Waals surface area contributed by atoms with Gasteiger partial charge in [-0.2, -0.15) is 0 Å². The van der Waals surface area contributed by atoms with Crippen molar-refractivity contribution in [3.05, 3.63) is 59.5 Å². The predicted molar refractivity (Wildman–Crippen MR) is 114 cm³/mol. The molecule has 5 nitrogen and oxygen atoms in total. The number of aryl methyl sites for hydroxylation is 1. The van der Waals surface area contributed by atoms with Crippen LogP contribution in [-0.2, 0) is 6.54 Å². The van der Waals surface area contributed by atoms with Gasteiger partial charge in [0.2, 0.25) is 5.95 Å². The standard InChI is InChI=1S/C23H27FN4O/c1-16-21-14-18(24)8-9-22(21)27-23(26-16)28-11-4-6-19(10-12-28)25-15-17-5-3-7-20(13-17)29-2/h3,5,7-9,13-14,19,25H,4,6,10-12,15H2,1-2H3. The number of methoxy groups -OCH3 is 1. The molecule has 4 rings (SSSR count). The van der Waals surface area contributed by atoms with Crippen LogP contribution in [0.4, 0.5) is 10.3 Å². The van der Waals surface area contributed by atoms with E-state index in [9.17, 15) is 4.39 Å². The summed E-state index contributed by atoms with van der Waals surface area (Å²) in [5.74, 6) is 1.38. The van der Waals surface area contributed by atoms with Gasteiger partial charge in [-0.3, -0.25) is 0 Å². The number of fused-ring (bicyclic) bond motifs is 1. The molecule has 0 spiro atoms. The van der Waals surface area contributed by atoms with E-state index < -0.39 is 0 Å². The van der Waals surface area contributed by atoms with Gasteiger partial charge >= 0.3 is 0 Å². The highest BCUT2D eigenvalue weighted by Gasteiger charge is 2.19. The molecule has 2 heterocycles. The van der Waals surface area contributed by atoms with E-state index in [1.807, 2.05) is 19.1 Å². The van der Waals surface area contributed by atoms with Crippen molar-refractivity contribution in [1.29, 1.82) is 0 Å². The van der Waals surface area contributed by atoms with Crippen molar-refractivity contribution in [2.24, 2.45) is 0 Å². The SMILES string of the molecule is COc1cccc(CNC2CCCN(c3nc(C)c4cc(F)ccc4n3)CC2)c1. The van der Waals surface area contributed by atoms with Crippen molar-refractivity contribution in [3.8, 4) is 5.75 Å². The van der Waals surface area contributed by atoms with Gasteiger partial charge < -0.3 is 15.0 Å². The number of halogens is 1. The fraction of sp³-hybridized carbons (Fsp3) is 0.391. The number of rotatable bonds is 5. The molecule has 29 heavy (non-hydrogen) atoms. The van der Waals surface area contributed by atoms with Gasteiger partial charge in [0.05, 0.1) is 18.3 Å². The third-order valence-electron chi connectivity index (χ3n) is 5.58. The summed E-state index contributed by atoms with van der Waals surface area (Å²) in [6.07, 6.45) is 3.24. The number of nitrogens with zero attached hydrogens (tertiary/aromatic N) is 3. The Kier molecular flexibility index (Phi) is 5.90. The van der Waals surface area contributed by atoms with Crippen molar-refractivity contribution in [1.82, 2.24) is 15.3 Å². The Morgan fingerprint density at radius 2 is 2.03 bits per heavy atom. The first-order valence-electron chi connectivity index (χ1n) is 10.2. The minimum absolute atomic E-state index is 0.253. The molecule has 1 aliphatic rings. The zero-order chi connectivity index (χ0) is 20.2. The molecule has 0 aliphatic carbocycles. The molecule has 1 aliphatic heterocycles. The Labute approximate surface area is 170 Å². The number of nitrogens with one attached hydrogen (secondary N) is 1. The molecule has 6 heteroatoms. The molecule has 0 amide bonds. The maximum absolute atomic E-state index is 13.5. The Morgan fingerprint density at radius 3 is 2.90 bits per heavy atom. The van der Waals surface area contributed by atoms with Crippen LogP contribution in [0.2, 0.25) is 0 Å². The number of ether oxygens (including phenoxy) is 1. The molecule has 1 unspecified atom stereocenters. The van der Waals surface area contributed by atoms with Gasteiger partial charge in [0.25, 0.3) is 0 Å². The van der Waals surface area contributed by atoms with Gasteiger partial charge in [-0.05, 0) is 62.1 Å². The molecule has 1 fully saturated rings. The molecule has 2 aromatic carbocycles. The average Bonchev–Trinajstić information content (AvgIpc) is 2.98. The fourth-order valence-corrected chi connectivity index (χ4v) is 3.93. The minimum Gasteiger partial charge on any atom is -0.497 e. The van der Waals surface area contributed by atoms with E-state index in [0.717, 1.165) is 67.2 Å². The van der Waals surface area contributed by atoms with E-state index in [4.69, 9.17) is 9.72 Å². The molecule has 152 valence electrons. The van der Waals surface area contributed by atoms with Gasteiger partial charge in [-0.25, -0.2) is 14.4 Å². The van der Waals surface area contributed by atoms with E-state index in [2.05, 4.69) is 27.3 Å². The van der Waals surface area contributed by atoms with Crippen LogP contribution in [-0.4, -0.2) is 36.2 Å². The molecule has 1 N–H and O–H groups in total. The maximum atomic E-state index is 13.5. The summed E-state index contributed by atoms with van der Waals surface area (Å²) in [5.41, 5.74) is 2.85. The zero-order valence-corrected chi connectivity index (χ0v) is 17.0. The summed E-state index contributed by atoms with van der Waals surface area (Å²) in [4.78, 5) is 11.6. The Balaban J connectivity index is 1.41. The van der Waals surface area contributed by atoms with Crippen LogP contribution in [0.5, 0.6) is 5.75 Å². The summed E-state index contributed by atoms with van der Waals surface area (Å²) in [7, 11) is 1.69. The van der Waals surface area contributed by atoms with Gasteiger partial charge in [-0.15, -0.1) is 0 Å². The molecule has 0 radical (unpaired) electrons. The normalized spacial score (nSPS) is 17.3. The quantitative estimate of drug-likeness (QED) is 0.702. The number of hydrogen-bond donors (Lipinski definition) is 1. The highest BCUT2D eigenvalue weighted by Crippen LogP contribution is 2.22. The highest BCUT2D eigenvalue weighted by atomic mass is 19.1. The predicted octanol–water partition coefficient (Wildman–Crippen LogP) is 4.23. The summed E-state index contributed by atoms with van der Waals surface area (Å²) >= 11 is 0. The van der Waals surface area contributed by atoms with E-state index >= 15 is 0 Å². The van der Waals surface area contributed by atoms with Crippen molar-refractivity contribution in [3.63, 3.8) is 0 Å². The number of aromatic nitrogens is 2. The molecule has 3 aromatic rings. The summed E-state index contributed by atoms with van der Waals surface area (Å²) in [6.45, 7) is 4.59. The smallest absolute Gasteiger partial charge is 0.226 e. The lowest BCUT2D eigenvalue weighted by atomic mass is 10.1. The third-order valence-corrected chi connectivity index (χ3v) is 5.58. The first-order chi connectivity index (χ1) is 14.1. The lowest BCUT2D eigenvalue weighted by molar-refractivity contribution is 0.413. The van der Waals surface area contributed by atoms with Crippen LogP contribution in [0.1, 0.15) is 30.5 Å². The van der Waals surface area contributed by atoms with Crippen LogP contribution < -0.4 is 15.0 Å². The van der Waals surface area contributed by atoms with Gasteiger partial charge in [0.1, 0.15) is 11.6 Å². The second-order valence-electron chi connectivity index (χ2n) is 7.62. The van der Waals surface area contributed by atoms with E-state index in [-0.39, 0.29) is 5.82 Å². The van der Waals surface area contributed by atoms with Gasteiger partial charge in [0, 0.05) is 31.1 Å². The topological polar surface area (TPSA) is 50.3 Å². The molecular weight excluding hydrogens is 367 g/mol. The van der Waals surface area contributed by atoms with Crippen molar-refractivity contribution < 1.29 is 9.13 Å². The van der Waals surface area contributed by atoms with Crippen LogP contribution in [0.15, 0.2) is 42.5 Å². The number of anilines is 1. The second kappa shape index (κ2) is 8.74. The highest BCUT2D eigenvalue weighted by molar-refractivity contribution is 5.81. The van der Waals surface area contributed by atoms with Crippen LogP contribution in [0, 0.1) is 12.7 Å². The first-order valence-corrected chi connectivity index (χ1v) is 10.2. The number of hydrogen-bond acceptors (Lipinski definition) is 5. The van der Waals surface area contributed by atoms with Gasteiger partial charge in [-0.1, -0.05) is 12.1 Å². The average molecular weight is 394 g/mol. The summed E-state index contributed by atoms with van der Waals surface area (Å²) in [5, 5.41) is 4.46. The fourth-order valence-electron chi connectivity index (χ4n) is 3.93. The monoisotopic (exact) mass is 394 g/mol. The lowest BCUT2D eigenvalue weighted by Gasteiger charge is -2.21. The Hall–Kier alpha value is -2.73. The summed E-state index contributed by atoms with van der Waals surface area (Å²) < 4.78 is 18.8.